The summed E-state index contributed by atoms with van der Waals surface area (Å²) in [6.45, 7) is 3.58. The van der Waals surface area contributed by atoms with Crippen LogP contribution in [0.3, 0.4) is 0 Å². The van der Waals surface area contributed by atoms with E-state index >= 15 is 0 Å². The first-order valence-corrected chi connectivity index (χ1v) is 8.65. The van der Waals surface area contributed by atoms with Gasteiger partial charge < -0.3 is 13.6 Å². The number of nitrogens with zero attached hydrogens (tertiary/aromatic N) is 2. The number of hydrogen-bond acceptors (Lipinski definition) is 7. The molecule has 2 aromatic carbocycles. The van der Waals surface area contributed by atoms with Crippen molar-refractivity contribution < 1.29 is 18.4 Å². The first kappa shape index (κ1) is 17.7. The molecule has 0 aliphatic carbocycles. The zero-order chi connectivity index (χ0) is 19.7. The maximum absolute atomic E-state index is 12.4. The monoisotopic (exact) mass is 376 g/mol. The molecule has 0 bridgehead atoms. The molecule has 2 aromatic heterocycles. The second-order valence-corrected chi connectivity index (χ2v) is 6.33. The Bertz CT molecular complexity index is 1210. The molecule has 4 rings (SSSR count). The van der Waals surface area contributed by atoms with Crippen LogP contribution in [-0.4, -0.2) is 16.2 Å². The van der Waals surface area contributed by atoms with Crippen molar-refractivity contribution in [1.29, 1.82) is 0 Å². The summed E-state index contributed by atoms with van der Waals surface area (Å²) >= 11 is 0. The van der Waals surface area contributed by atoms with E-state index in [0.717, 1.165) is 17.2 Å². The highest BCUT2D eigenvalue weighted by Crippen LogP contribution is 2.23. The highest BCUT2D eigenvalue weighted by molar-refractivity contribution is 5.89. The Morgan fingerprint density at radius 2 is 1.79 bits per heavy atom. The van der Waals surface area contributed by atoms with E-state index in [2.05, 4.69) is 10.2 Å². The lowest BCUT2D eigenvalue weighted by Crippen LogP contribution is -2.12. The van der Waals surface area contributed by atoms with E-state index in [1.54, 1.807) is 31.2 Å². The summed E-state index contributed by atoms with van der Waals surface area (Å²) in [7, 11) is 0. The molecule has 7 heteroatoms. The molecule has 2 heterocycles. The maximum atomic E-state index is 12.4. The number of aryl methyl sites for hydroxylation is 1. The molecule has 0 saturated heterocycles. The van der Waals surface area contributed by atoms with Crippen LogP contribution in [0.1, 0.15) is 35.0 Å². The molecule has 0 amide bonds. The fourth-order valence-electron chi connectivity index (χ4n) is 2.69. The van der Waals surface area contributed by atoms with E-state index < -0.39 is 12.1 Å². The minimum Gasteiger partial charge on any atom is -0.449 e. The Labute approximate surface area is 159 Å². The largest absolute Gasteiger partial charge is 0.449 e. The minimum absolute atomic E-state index is 0.145. The van der Waals surface area contributed by atoms with E-state index in [1.807, 2.05) is 31.2 Å². The van der Waals surface area contributed by atoms with E-state index in [4.69, 9.17) is 13.6 Å². The van der Waals surface area contributed by atoms with Gasteiger partial charge in [-0.1, -0.05) is 29.8 Å². The number of carbonyl (C=O) groups excluding carboxylic acids is 1. The van der Waals surface area contributed by atoms with Gasteiger partial charge in [0, 0.05) is 11.6 Å². The predicted octanol–water partition coefficient (Wildman–Crippen LogP) is 4.07. The van der Waals surface area contributed by atoms with Gasteiger partial charge in [0.25, 0.3) is 5.89 Å². The van der Waals surface area contributed by atoms with Crippen LogP contribution in [0, 0.1) is 6.92 Å². The topological polar surface area (TPSA) is 95.4 Å². The number of rotatable bonds is 4. The third-order valence-electron chi connectivity index (χ3n) is 4.21. The third-order valence-corrected chi connectivity index (χ3v) is 4.21. The zero-order valence-electron chi connectivity index (χ0n) is 15.2. The van der Waals surface area contributed by atoms with Gasteiger partial charge >= 0.3 is 5.97 Å². The first-order chi connectivity index (χ1) is 13.5. The smallest absolute Gasteiger partial charge is 0.375 e. The summed E-state index contributed by atoms with van der Waals surface area (Å²) in [6.07, 6.45) is -0.809. The van der Waals surface area contributed by atoms with Gasteiger partial charge in [-0.05, 0) is 38.1 Å². The lowest BCUT2D eigenvalue weighted by molar-refractivity contribution is 0.0245. The number of ether oxygens (including phenoxy) is 1. The lowest BCUT2D eigenvalue weighted by atomic mass is 10.1. The van der Waals surface area contributed by atoms with Crippen LogP contribution in [0.4, 0.5) is 0 Å². The van der Waals surface area contributed by atoms with E-state index in [9.17, 15) is 9.59 Å². The van der Waals surface area contributed by atoms with Crippen molar-refractivity contribution in [3.63, 3.8) is 0 Å². The fourth-order valence-corrected chi connectivity index (χ4v) is 2.69. The van der Waals surface area contributed by atoms with E-state index in [-0.39, 0.29) is 17.1 Å². The van der Waals surface area contributed by atoms with Crippen LogP contribution in [0.15, 0.2) is 68.2 Å². The molecule has 0 saturated carbocycles. The Kier molecular flexibility index (Phi) is 4.49. The number of aromatic nitrogens is 2. The Hall–Kier alpha value is -3.74. The Balaban J connectivity index is 1.54. The van der Waals surface area contributed by atoms with Gasteiger partial charge in [0.05, 0.1) is 5.39 Å². The molecule has 0 fully saturated rings. The van der Waals surface area contributed by atoms with Gasteiger partial charge in [-0.15, -0.1) is 10.2 Å². The molecule has 1 atom stereocenters. The third kappa shape index (κ3) is 3.42. The van der Waals surface area contributed by atoms with Crippen LogP contribution in [0.25, 0.3) is 22.4 Å². The zero-order valence-corrected chi connectivity index (χ0v) is 15.2. The van der Waals surface area contributed by atoms with Crippen molar-refractivity contribution in [3.05, 3.63) is 82.0 Å². The van der Waals surface area contributed by atoms with Crippen LogP contribution >= 0.6 is 0 Å². The van der Waals surface area contributed by atoms with Gasteiger partial charge in [-0.3, -0.25) is 4.79 Å². The highest BCUT2D eigenvalue weighted by Gasteiger charge is 2.22. The van der Waals surface area contributed by atoms with Crippen molar-refractivity contribution >= 4 is 16.9 Å². The second kappa shape index (κ2) is 7.11. The average molecular weight is 376 g/mol. The first-order valence-electron chi connectivity index (χ1n) is 8.65. The highest BCUT2D eigenvalue weighted by atomic mass is 16.6. The molecule has 0 radical (unpaired) electrons. The van der Waals surface area contributed by atoms with Crippen molar-refractivity contribution in [3.8, 4) is 11.5 Å². The quantitative estimate of drug-likeness (QED) is 0.495. The number of fused-ring (bicyclic) bond motifs is 1. The van der Waals surface area contributed by atoms with Crippen LogP contribution in [-0.2, 0) is 4.74 Å². The van der Waals surface area contributed by atoms with Crippen molar-refractivity contribution in [2.45, 2.75) is 20.0 Å². The van der Waals surface area contributed by atoms with Crippen LogP contribution in [0.2, 0.25) is 0 Å². The molecule has 28 heavy (non-hydrogen) atoms. The van der Waals surface area contributed by atoms with Gasteiger partial charge in [0.15, 0.2) is 11.5 Å². The Morgan fingerprint density at radius 1 is 1.04 bits per heavy atom. The maximum Gasteiger partial charge on any atom is 0.375 e. The molecule has 7 nitrogen and oxygen atoms in total. The Morgan fingerprint density at radius 3 is 2.57 bits per heavy atom. The van der Waals surface area contributed by atoms with Gasteiger partial charge in [0.1, 0.15) is 5.58 Å². The second-order valence-electron chi connectivity index (χ2n) is 6.33. The van der Waals surface area contributed by atoms with E-state index in [0.29, 0.717) is 16.9 Å². The molecular formula is C21H16N2O5. The molecule has 0 spiro atoms. The SMILES string of the molecule is Cc1ccc(-c2nnc(C(C)OC(=O)c3cc(=O)c4ccccc4o3)o2)cc1. The normalized spacial score (nSPS) is 12.1. The number of esters is 1. The lowest BCUT2D eigenvalue weighted by Gasteiger charge is -2.09. The van der Waals surface area contributed by atoms with Gasteiger partial charge in [-0.2, -0.15) is 0 Å². The summed E-state index contributed by atoms with van der Waals surface area (Å²) in [5.41, 5.74) is 1.88. The van der Waals surface area contributed by atoms with Crippen molar-refractivity contribution in [2.24, 2.45) is 0 Å². The number of hydrogen-bond donors (Lipinski definition) is 0. The van der Waals surface area contributed by atoms with Crippen molar-refractivity contribution in [2.75, 3.05) is 0 Å². The minimum atomic E-state index is -0.809. The van der Waals surface area contributed by atoms with Gasteiger partial charge in [-0.25, -0.2) is 4.79 Å². The summed E-state index contributed by atoms with van der Waals surface area (Å²) < 4.78 is 16.4. The fraction of sp³-hybridized carbons (Fsp3) is 0.143. The standard InChI is InChI=1S/C21H16N2O5/c1-12-7-9-14(10-8-12)20-23-22-19(28-20)13(2)26-21(25)18-11-16(24)15-5-3-4-6-17(15)27-18/h3-11,13H,1-2H3. The molecular weight excluding hydrogens is 360 g/mol. The average Bonchev–Trinajstić information content (AvgIpc) is 3.19. The molecule has 140 valence electrons. The number of benzene rings is 2. The molecule has 1 unspecified atom stereocenters. The molecule has 0 N–H and O–H groups in total. The molecule has 4 aromatic rings. The summed E-state index contributed by atoms with van der Waals surface area (Å²) in [4.78, 5) is 24.5. The van der Waals surface area contributed by atoms with Crippen molar-refractivity contribution in [1.82, 2.24) is 10.2 Å². The van der Waals surface area contributed by atoms with E-state index in [1.165, 1.54) is 0 Å². The molecule has 0 aliphatic heterocycles. The summed E-state index contributed by atoms with van der Waals surface area (Å²) in [6, 6.07) is 15.4. The molecule has 0 aliphatic rings. The van der Waals surface area contributed by atoms with Crippen LogP contribution in [0.5, 0.6) is 0 Å². The number of carbonyl (C=O) groups is 1. The summed E-state index contributed by atoms with van der Waals surface area (Å²) in [5.74, 6) is -0.499. The predicted molar refractivity (Wildman–Crippen MR) is 101 cm³/mol. The summed E-state index contributed by atoms with van der Waals surface area (Å²) in [5, 5.41) is 8.33. The number of para-hydroxylation sites is 1. The van der Waals surface area contributed by atoms with Gasteiger partial charge in [0.2, 0.25) is 11.7 Å². The van der Waals surface area contributed by atoms with Crippen LogP contribution < -0.4 is 5.43 Å².